The minimum atomic E-state index is -0.0915. The van der Waals surface area contributed by atoms with E-state index in [1.54, 1.807) is 12.0 Å². The number of urea groups is 1. The number of benzene rings is 1. The van der Waals surface area contributed by atoms with Crippen molar-refractivity contribution in [2.75, 3.05) is 32.1 Å². The molecule has 2 aliphatic rings. The van der Waals surface area contributed by atoms with Crippen molar-refractivity contribution < 1.29 is 14.3 Å². The fraction of sp³-hybridized carbons (Fsp3) is 0.556. The van der Waals surface area contributed by atoms with Crippen LogP contribution in [0.25, 0.3) is 0 Å². The largest absolute Gasteiger partial charge is 0.380 e. The van der Waals surface area contributed by atoms with Crippen molar-refractivity contribution in [3.05, 3.63) is 29.8 Å². The van der Waals surface area contributed by atoms with E-state index < -0.39 is 0 Å². The Kier molecular flexibility index (Phi) is 5.35. The molecular weight excluding hydrogens is 306 g/mol. The summed E-state index contributed by atoms with van der Waals surface area (Å²) in [4.78, 5) is 27.8. The number of methoxy groups -OCH3 is 1. The maximum absolute atomic E-state index is 12.4. The van der Waals surface area contributed by atoms with Gasteiger partial charge >= 0.3 is 6.03 Å². The van der Waals surface area contributed by atoms with Gasteiger partial charge in [-0.05, 0) is 37.0 Å². The summed E-state index contributed by atoms with van der Waals surface area (Å²) in [7, 11) is 1.69. The number of hydrogen-bond donors (Lipinski definition) is 1. The van der Waals surface area contributed by atoms with E-state index in [2.05, 4.69) is 5.32 Å². The standard InChI is InChI=1S/C18H25N3O3/c1-24-16-7-3-10-21(13-16)18(23)19-15-6-2-5-14(11-15)12-20-9-4-8-17(20)22/h2,5-6,11,16H,3-4,7-10,12-13H2,1H3,(H,19,23). The maximum atomic E-state index is 12.4. The number of anilines is 1. The predicted molar refractivity (Wildman–Crippen MR) is 91.7 cm³/mol. The number of likely N-dealkylation sites (tertiary alicyclic amines) is 2. The topological polar surface area (TPSA) is 61.9 Å². The van der Waals surface area contributed by atoms with Gasteiger partial charge in [-0.25, -0.2) is 4.79 Å². The molecule has 0 radical (unpaired) electrons. The Morgan fingerprint density at radius 3 is 2.96 bits per heavy atom. The average molecular weight is 331 g/mol. The van der Waals surface area contributed by atoms with E-state index >= 15 is 0 Å². The van der Waals surface area contributed by atoms with Gasteiger partial charge in [0.05, 0.1) is 6.10 Å². The van der Waals surface area contributed by atoms with E-state index in [9.17, 15) is 9.59 Å². The van der Waals surface area contributed by atoms with Gasteiger partial charge < -0.3 is 19.9 Å². The summed E-state index contributed by atoms with van der Waals surface area (Å²) in [6, 6.07) is 7.64. The Morgan fingerprint density at radius 1 is 1.33 bits per heavy atom. The zero-order chi connectivity index (χ0) is 16.9. The summed E-state index contributed by atoms with van der Waals surface area (Å²) < 4.78 is 5.37. The molecule has 6 nitrogen and oxygen atoms in total. The van der Waals surface area contributed by atoms with Gasteiger partial charge in [-0.3, -0.25) is 4.79 Å². The van der Waals surface area contributed by atoms with Gasteiger partial charge in [0.2, 0.25) is 5.91 Å². The van der Waals surface area contributed by atoms with Crippen LogP contribution in [-0.2, 0) is 16.1 Å². The molecule has 6 heteroatoms. The minimum Gasteiger partial charge on any atom is -0.380 e. The summed E-state index contributed by atoms with van der Waals surface area (Å²) in [6.45, 7) is 2.82. The van der Waals surface area contributed by atoms with Gasteiger partial charge in [-0.15, -0.1) is 0 Å². The zero-order valence-electron chi connectivity index (χ0n) is 14.2. The molecule has 2 fully saturated rings. The first kappa shape index (κ1) is 16.8. The molecule has 1 unspecified atom stereocenters. The Balaban J connectivity index is 1.59. The quantitative estimate of drug-likeness (QED) is 0.922. The van der Waals surface area contributed by atoms with Crippen LogP contribution < -0.4 is 5.32 Å². The van der Waals surface area contributed by atoms with E-state index in [1.165, 1.54) is 0 Å². The van der Waals surface area contributed by atoms with E-state index in [0.29, 0.717) is 19.5 Å². The van der Waals surface area contributed by atoms with Crippen molar-refractivity contribution in [3.63, 3.8) is 0 Å². The highest BCUT2D eigenvalue weighted by atomic mass is 16.5. The molecule has 2 heterocycles. The third kappa shape index (κ3) is 4.06. The van der Waals surface area contributed by atoms with Gasteiger partial charge in [0.25, 0.3) is 0 Å². The lowest BCUT2D eigenvalue weighted by molar-refractivity contribution is -0.128. The monoisotopic (exact) mass is 331 g/mol. The van der Waals surface area contributed by atoms with Crippen LogP contribution in [-0.4, -0.2) is 54.6 Å². The third-order valence-corrected chi connectivity index (χ3v) is 4.72. The molecule has 1 atom stereocenters. The van der Waals surface area contributed by atoms with Crippen molar-refractivity contribution in [2.24, 2.45) is 0 Å². The smallest absolute Gasteiger partial charge is 0.321 e. The Labute approximate surface area is 142 Å². The number of nitrogens with one attached hydrogen (secondary N) is 1. The highest BCUT2D eigenvalue weighted by Gasteiger charge is 2.24. The third-order valence-electron chi connectivity index (χ3n) is 4.72. The molecule has 2 aliphatic heterocycles. The summed E-state index contributed by atoms with van der Waals surface area (Å²) in [5.41, 5.74) is 1.81. The van der Waals surface area contributed by atoms with Crippen LogP contribution in [0.1, 0.15) is 31.2 Å². The fourth-order valence-corrected chi connectivity index (χ4v) is 3.36. The van der Waals surface area contributed by atoms with Gasteiger partial charge in [0.15, 0.2) is 0 Å². The summed E-state index contributed by atoms with van der Waals surface area (Å²) >= 11 is 0. The molecule has 3 rings (SSSR count). The predicted octanol–water partition coefficient (Wildman–Crippen LogP) is 2.45. The average Bonchev–Trinajstić information content (AvgIpc) is 3.00. The summed E-state index contributed by atoms with van der Waals surface area (Å²) in [5, 5.41) is 2.96. The Hall–Kier alpha value is -2.08. The number of rotatable bonds is 4. The first-order chi connectivity index (χ1) is 11.7. The van der Waals surface area contributed by atoms with Crippen LogP contribution in [0.15, 0.2) is 24.3 Å². The van der Waals surface area contributed by atoms with Crippen LogP contribution in [0, 0.1) is 0 Å². The molecule has 1 aromatic carbocycles. The molecule has 2 saturated heterocycles. The SMILES string of the molecule is COC1CCCN(C(=O)Nc2cccc(CN3CCCC3=O)c2)C1. The molecule has 0 aromatic heterocycles. The number of hydrogen-bond acceptors (Lipinski definition) is 3. The van der Waals surface area contributed by atoms with Crippen molar-refractivity contribution in [1.29, 1.82) is 0 Å². The van der Waals surface area contributed by atoms with Crippen molar-refractivity contribution >= 4 is 17.6 Å². The number of nitrogens with zero attached hydrogens (tertiary/aromatic N) is 2. The van der Waals surface area contributed by atoms with Crippen LogP contribution >= 0.6 is 0 Å². The lowest BCUT2D eigenvalue weighted by Gasteiger charge is -2.32. The van der Waals surface area contributed by atoms with Crippen LogP contribution in [0.2, 0.25) is 0 Å². The first-order valence-corrected chi connectivity index (χ1v) is 8.61. The molecule has 1 N–H and O–H groups in total. The lowest BCUT2D eigenvalue weighted by Crippen LogP contribution is -2.44. The zero-order valence-corrected chi connectivity index (χ0v) is 14.2. The molecule has 130 valence electrons. The van der Waals surface area contributed by atoms with E-state index in [0.717, 1.165) is 43.6 Å². The van der Waals surface area contributed by atoms with Gasteiger partial charge in [0.1, 0.15) is 0 Å². The Bertz CT molecular complexity index is 605. The summed E-state index contributed by atoms with van der Waals surface area (Å²) in [6.07, 6.45) is 3.66. The maximum Gasteiger partial charge on any atom is 0.321 e. The second-order valence-corrected chi connectivity index (χ2v) is 6.50. The normalized spacial score (nSPS) is 21.2. The van der Waals surface area contributed by atoms with Crippen LogP contribution in [0.5, 0.6) is 0 Å². The molecule has 0 bridgehead atoms. The van der Waals surface area contributed by atoms with E-state index in [-0.39, 0.29) is 18.0 Å². The number of carbonyl (C=O) groups excluding carboxylic acids is 2. The molecule has 24 heavy (non-hydrogen) atoms. The summed E-state index contributed by atoms with van der Waals surface area (Å²) in [5.74, 6) is 0.211. The highest BCUT2D eigenvalue weighted by molar-refractivity contribution is 5.89. The second kappa shape index (κ2) is 7.66. The number of piperidine rings is 1. The van der Waals surface area contributed by atoms with Crippen LogP contribution in [0.3, 0.4) is 0 Å². The first-order valence-electron chi connectivity index (χ1n) is 8.61. The second-order valence-electron chi connectivity index (χ2n) is 6.50. The van der Waals surface area contributed by atoms with Crippen LogP contribution in [0.4, 0.5) is 10.5 Å². The number of ether oxygens (including phenoxy) is 1. The minimum absolute atomic E-state index is 0.0915. The van der Waals surface area contributed by atoms with Gasteiger partial charge in [0, 0.05) is 45.4 Å². The molecule has 0 spiro atoms. The van der Waals surface area contributed by atoms with E-state index in [4.69, 9.17) is 4.74 Å². The van der Waals surface area contributed by atoms with Gasteiger partial charge in [-0.2, -0.15) is 0 Å². The van der Waals surface area contributed by atoms with E-state index in [1.807, 2.05) is 29.2 Å². The van der Waals surface area contributed by atoms with Crippen molar-refractivity contribution in [1.82, 2.24) is 9.80 Å². The molecule has 0 saturated carbocycles. The van der Waals surface area contributed by atoms with Crippen molar-refractivity contribution in [2.45, 2.75) is 38.3 Å². The van der Waals surface area contributed by atoms with Crippen molar-refractivity contribution in [3.8, 4) is 0 Å². The Morgan fingerprint density at radius 2 is 2.21 bits per heavy atom. The number of carbonyl (C=O) groups is 2. The molecule has 0 aliphatic carbocycles. The molecule has 1 aromatic rings. The van der Waals surface area contributed by atoms with Gasteiger partial charge in [-0.1, -0.05) is 12.1 Å². The molecule has 3 amide bonds. The molecular formula is C18H25N3O3. The number of amides is 3. The fourth-order valence-electron chi connectivity index (χ4n) is 3.36. The lowest BCUT2D eigenvalue weighted by atomic mass is 10.1. The highest BCUT2D eigenvalue weighted by Crippen LogP contribution is 2.18.